The SMILES string of the molecule is CN1CCN(c2ccc(-c3cnc4ccc(N5CCOCC5c5cccc(I)c5)nn34)cc2C#N)CC1. The number of halogens is 1. The molecule has 2 aliphatic rings. The lowest BCUT2D eigenvalue weighted by Gasteiger charge is -2.36. The first-order chi connectivity index (χ1) is 18.1. The van der Waals surface area contributed by atoms with Crippen LogP contribution in [0, 0.1) is 14.9 Å². The lowest BCUT2D eigenvalue weighted by atomic mass is 10.0. The lowest BCUT2D eigenvalue weighted by molar-refractivity contribution is 0.0936. The van der Waals surface area contributed by atoms with E-state index >= 15 is 0 Å². The maximum absolute atomic E-state index is 9.96. The van der Waals surface area contributed by atoms with Crippen molar-refractivity contribution >= 4 is 39.7 Å². The van der Waals surface area contributed by atoms with E-state index in [1.54, 1.807) is 0 Å². The monoisotopic (exact) mass is 605 g/mol. The molecule has 188 valence electrons. The van der Waals surface area contributed by atoms with Gasteiger partial charge in [-0.3, -0.25) is 0 Å². The summed E-state index contributed by atoms with van der Waals surface area (Å²) in [6.07, 6.45) is 1.84. The molecule has 8 nitrogen and oxygen atoms in total. The van der Waals surface area contributed by atoms with Crippen molar-refractivity contribution in [2.75, 3.05) is 62.8 Å². The van der Waals surface area contributed by atoms with Crippen molar-refractivity contribution in [2.24, 2.45) is 0 Å². The van der Waals surface area contributed by atoms with E-state index in [-0.39, 0.29) is 6.04 Å². The van der Waals surface area contributed by atoms with Crippen LogP contribution in [0.15, 0.2) is 60.8 Å². The fourth-order valence-corrected chi connectivity index (χ4v) is 5.76. The molecule has 37 heavy (non-hydrogen) atoms. The Hall–Kier alpha value is -3.20. The van der Waals surface area contributed by atoms with Gasteiger partial charge >= 0.3 is 0 Å². The number of anilines is 2. The molecule has 0 spiro atoms. The zero-order valence-corrected chi connectivity index (χ0v) is 22.9. The van der Waals surface area contributed by atoms with Crippen molar-refractivity contribution in [3.05, 3.63) is 75.5 Å². The van der Waals surface area contributed by atoms with Crippen LogP contribution in [0.25, 0.3) is 16.9 Å². The number of rotatable bonds is 4. The van der Waals surface area contributed by atoms with Crippen LogP contribution in [-0.4, -0.2) is 72.5 Å². The lowest BCUT2D eigenvalue weighted by Crippen LogP contribution is -2.44. The molecule has 0 N–H and O–H groups in total. The molecule has 2 saturated heterocycles. The minimum Gasteiger partial charge on any atom is -0.377 e. The highest BCUT2D eigenvalue weighted by molar-refractivity contribution is 14.1. The van der Waals surface area contributed by atoms with E-state index in [9.17, 15) is 5.26 Å². The van der Waals surface area contributed by atoms with Crippen LogP contribution in [-0.2, 0) is 4.74 Å². The number of nitrogens with zero attached hydrogens (tertiary/aromatic N) is 7. The molecule has 4 heterocycles. The average Bonchev–Trinajstić information content (AvgIpc) is 3.36. The van der Waals surface area contributed by atoms with Gasteiger partial charge in [-0.2, -0.15) is 5.26 Å². The molecule has 1 unspecified atom stereocenters. The fourth-order valence-electron chi connectivity index (χ4n) is 5.19. The number of fused-ring (bicyclic) bond motifs is 1. The molecule has 2 aliphatic heterocycles. The van der Waals surface area contributed by atoms with Crippen LogP contribution in [0.3, 0.4) is 0 Å². The summed E-state index contributed by atoms with van der Waals surface area (Å²) in [5.74, 6) is 0.883. The third kappa shape index (κ3) is 4.77. The first kappa shape index (κ1) is 24.2. The number of morpholine rings is 1. The van der Waals surface area contributed by atoms with Crippen LogP contribution in [0.4, 0.5) is 11.5 Å². The second-order valence-corrected chi connectivity index (χ2v) is 10.8. The molecular weight excluding hydrogens is 577 g/mol. The minimum atomic E-state index is 0.0912. The van der Waals surface area contributed by atoms with Crippen molar-refractivity contribution in [3.8, 4) is 17.3 Å². The van der Waals surface area contributed by atoms with E-state index in [1.165, 1.54) is 9.13 Å². The van der Waals surface area contributed by atoms with Gasteiger partial charge < -0.3 is 19.4 Å². The summed E-state index contributed by atoms with van der Waals surface area (Å²) in [6.45, 7) is 5.88. The standard InChI is InChI=1S/C28H28IN7O/c1-33-9-11-34(12-10-33)24-6-5-21(15-22(24)17-30)25-18-31-27-7-8-28(32-36(25)27)35-13-14-37-19-26(35)20-3-2-4-23(29)16-20/h2-8,15-16,18,26H,9-14,19H2,1H3. The number of benzene rings is 2. The van der Waals surface area contributed by atoms with Crippen LogP contribution < -0.4 is 9.80 Å². The van der Waals surface area contributed by atoms with E-state index in [0.717, 1.165) is 61.1 Å². The molecule has 4 aromatic rings. The van der Waals surface area contributed by atoms with Gasteiger partial charge in [0.25, 0.3) is 0 Å². The molecule has 1 atom stereocenters. The highest BCUT2D eigenvalue weighted by Gasteiger charge is 2.27. The molecule has 2 aromatic carbocycles. The van der Waals surface area contributed by atoms with Gasteiger partial charge in [-0.1, -0.05) is 18.2 Å². The van der Waals surface area contributed by atoms with Gasteiger partial charge in [0.1, 0.15) is 11.9 Å². The van der Waals surface area contributed by atoms with E-state index in [2.05, 4.69) is 91.8 Å². The van der Waals surface area contributed by atoms with E-state index < -0.39 is 0 Å². The zero-order chi connectivity index (χ0) is 25.4. The van der Waals surface area contributed by atoms with Gasteiger partial charge in [0.15, 0.2) is 5.65 Å². The van der Waals surface area contributed by atoms with Crippen molar-refractivity contribution in [3.63, 3.8) is 0 Å². The molecular formula is C28H28IN7O. The number of piperazine rings is 1. The summed E-state index contributed by atoms with van der Waals surface area (Å²) in [5.41, 5.74) is 5.48. The highest BCUT2D eigenvalue weighted by Crippen LogP contribution is 2.32. The summed E-state index contributed by atoms with van der Waals surface area (Å²) in [6, 6.07) is 21.2. The van der Waals surface area contributed by atoms with Crippen molar-refractivity contribution in [1.29, 1.82) is 5.26 Å². The van der Waals surface area contributed by atoms with Gasteiger partial charge in [0.05, 0.1) is 42.4 Å². The van der Waals surface area contributed by atoms with Gasteiger partial charge in [0.2, 0.25) is 0 Å². The summed E-state index contributed by atoms with van der Waals surface area (Å²) < 4.78 is 8.95. The quantitative estimate of drug-likeness (QED) is 0.323. The predicted molar refractivity (Wildman–Crippen MR) is 153 cm³/mol. The van der Waals surface area contributed by atoms with E-state index in [0.29, 0.717) is 18.8 Å². The molecule has 0 aliphatic carbocycles. The molecule has 9 heteroatoms. The van der Waals surface area contributed by atoms with Gasteiger partial charge in [-0.25, -0.2) is 9.50 Å². The summed E-state index contributed by atoms with van der Waals surface area (Å²) in [4.78, 5) is 11.5. The number of ether oxygens (including phenoxy) is 1. The van der Waals surface area contributed by atoms with Crippen LogP contribution in [0.2, 0.25) is 0 Å². The van der Waals surface area contributed by atoms with Gasteiger partial charge in [-0.05, 0) is 71.6 Å². The smallest absolute Gasteiger partial charge is 0.154 e. The summed E-state index contributed by atoms with van der Waals surface area (Å²) in [5, 5.41) is 15.0. The summed E-state index contributed by atoms with van der Waals surface area (Å²) >= 11 is 2.35. The number of imidazole rings is 1. The Kier molecular flexibility index (Phi) is 6.71. The number of hydrogen-bond acceptors (Lipinski definition) is 7. The van der Waals surface area contributed by atoms with Crippen molar-refractivity contribution < 1.29 is 4.74 Å². The number of nitriles is 1. The second-order valence-electron chi connectivity index (χ2n) is 9.58. The van der Waals surface area contributed by atoms with Crippen LogP contribution in [0.1, 0.15) is 17.2 Å². The molecule has 0 saturated carbocycles. The maximum Gasteiger partial charge on any atom is 0.154 e. The molecule has 2 fully saturated rings. The van der Waals surface area contributed by atoms with E-state index in [4.69, 9.17) is 9.84 Å². The van der Waals surface area contributed by atoms with E-state index in [1.807, 2.05) is 28.9 Å². The predicted octanol–water partition coefficient (Wildman–Crippen LogP) is 4.20. The molecule has 0 radical (unpaired) electrons. The van der Waals surface area contributed by atoms with Crippen molar-refractivity contribution in [1.82, 2.24) is 19.5 Å². The molecule has 6 rings (SSSR count). The summed E-state index contributed by atoms with van der Waals surface area (Å²) in [7, 11) is 2.14. The topological polar surface area (TPSA) is 72.9 Å². The largest absolute Gasteiger partial charge is 0.377 e. The van der Waals surface area contributed by atoms with Crippen LogP contribution in [0.5, 0.6) is 0 Å². The molecule has 0 bridgehead atoms. The Morgan fingerprint density at radius 3 is 2.70 bits per heavy atom. The Labute approximate surface area is 230 Å². The molecule has 0 amide bonds. The Morgan fingerprint density at radius 2 is 1.89 bits per heavy atom. The van der Waals surface area contributed by atoms with Gasteiger partial charge in [0, 0.05) is 41.9 Å². The maximum atomic E-state index is 9.96. The highest BCUT2D eigenvalue weighted by atomic mass is 127. The third-order valence-corrected chi connectivity index (χ3v) is 7.93. The average molecular weight is 605 g/mol. The van der Waals surface area contributed by atoms with Crippen molar-refractivity contribution in [2.45, 2.75) is 6.04 Å². The van der Waals surface area contributed by atoms with Gasteiger partial charge in [-0.15, -0.1) is 5.10 Å². The zero-order valence-electron chi connectivity index (χ0n) is 20.7. The molecule has 2 aromatic heterocycles. The minimum absolute atomic E-state index is 0.0912. The number of aromatic nitrogens is 3. The first-order valence-corrected chi connectivity index (χ1v) is 13.6. The number of hydrogen-bond donors (Lipinski definition) is 0. The Morgan fingerprint density at radius 1 is 1.03 bits per heavy atom. The number of likely N-dealkylation sites (N-methyl/N-ethyl adjacent to an activating group) is 1. The Balaban J connectivity index is 1.35. The fraction of sp³-hybridized carbons (Fsp3) is 0.321. The Bertz CT molecular complexity index is 1470. The second kappa shape index (κ2) is 10.3. The normalized spacial score (nSPS) is 18.8. The first-order valence-electron chi connectivity index (χ1n) is 12.5. The third-order valence-electron chi connectivity index (χ3n) is 7.26. The van der Waals surface area contributed by atoms with Crippen LogP contribution >= 0.6 is 22.6 Å².